The van der Waals surface area contributed by atoms with Crippen molar-refractivity contribution in [2.24, 2.45) is 0 Å². The van der Waals surface area contributed by atoms with Gasteiger partial charge >= 0.3 is 0 Å². The van der Waals surface area contributed by atoms with E-state index < -0.39 is 0 Å². The molecule has 0 spiro atoms. The first-order valence-corrected chi connectivity index (χ1v) is 5.69. The first kappa shape index (κ1) is 10.2. The molecule has 0 aliphatic rings. The predicted molar refractivity (Wildman–Crippen MR) is 64.4 cm³/mol. The molecule has 0 aliphatic carbocycles. The number of nitrogens with zero attached hydrogens (tertiary/aromatic N) is 5. The smallest absolute Gasteiger partial charge is 0.180 e. The highest BCUT2D eigenvalue weighted by Gasteiger charge is 2.06. The van der Waals surface area contributed by atoms with E-state index in [1.54, 1.807) is 6.20 Å². The topological polar surface area (TPSA) is 83.8 Å². The Morgan fingerprint density at radius 3 is 3.18 bits per heavy atom. The molecule has 86 valence electrons. The fraction of sp³-hybridized carbons (Fsp3) is 0.111. The summed E-state index contributed by atoms with van der Waals surface area (Å²) >= 11 is 3.35. The highest BCUT2D eigenvalue weighted by molar-refractivity contribution is 9.10. The van der Waals surface area contributed by atoms with Gasteiger partial charge in [0.25, 0.3) is 0 Å². The maximum Gasteiger partial charge on any atom is 0.180 e. The van der Waals surface area contributed by atoms with Crippen molar-refractivity contribution in [3.63, 3.8) is 0 Å². The Labute approximate surface area is 104 Å². The van der Waals surface area contributed by atoms with Gasteiger partial charge in [-0.2, -0.15) is 5.10 Å². The summed E-state index contributed by atoms with van der Waals surface area (Å²) in [6.07, 6.45) is 6.91. The zero-order chi connectivity index (χ0) is 11.7. The van der Waals surface area contributed by atoms with Gasteiger partial charge < -0.3 is 9.72 Å². The Morgan fingerprint density at radius 2 is 2.35 bits per heavy atom. The summed E-state index contributed by atoms with van der Waals surface area (Å²) in [5, 5.41) is 9.71. The molecule has 0 saturated carbocycles. The van der Waals surface area contributed by atoms with Gasteiger partial charge in [-0.1, -0.05) is 0 Å². The van der Waals surface area contributed by atoms with Crippen LogP contribution in [0.4, 0.5) is 5.82 Å². The Morgan fingerprint density at radius 1 is 1.41 bits per heavy atom. The van der Waals surface area contributed by atoms with Gasteiger partial charge in [-0.25, -0.2) is 15.0 Å². The number of anilines is 1. The number of aromatic amines is 1. The predicted octanol–water partition coefficient (Wildman–Crippen LogP) is 1.22. The molecule has 0 fully saturated rings. The van der Waals surface area contributed by atoms with Gasteiger partial charge in [-0.3, -0.25) is 5.10 Å². The molecule has 0 bridgehead atoms. The van der Waals surface area contributed by atoms with Crippen LogP contribution in [0.25, 0.3) is 5.65 Å². The van der Waals surface area contributed by atoms with Gasteiger partial charge in [0.15, 0.2) is 11.5 Å². The zero-order valence-electron chi connectivity index (χ0n) is 8.63. The average molecular weight is 294 g/mol. The van der Waals surface area contributed by atoms with E-state index in [1.807, 2.05) is 16.8 Å². The molecule has 3 aromatic rings. The minimum atomic E-state index is 0.520. The van der Waals surface area contributed by atoms with E-state index in [0.29, 0.717) is 12.4 Å². The third kappa shape index (κ3) is 1.98. The molecule has 0 saturated heterocycles. The van der Waals surface area contributed by atoms with Gasteiger partial charge in [-0.05, 0) is 15.9 Å². The number of H-pyrrole nitrogens is 1. The first-order valence-electron chi connectivity index (χ1n) is 4.90. The Balaban J connectivity index is 1.91. The molecule has 0 atom stereocenters. The summed E-state index contributed by atoms with van der Waals surface area (Å²) in [4.78, 5) is 12.6. The average Bonchev–Trinajstić information content (AvgIpc) is 2.95. The van der Waals surface area contributed by atoms with Crippen LogP contribution in [0.2, 0.25) is 0 Å². The van der Waals surface area contributed by atoms with Crippen LogP contribution in [0.1, 0.15) is 5.82 Å². The van der Waals surface area contributed by atoms with Crippen molar-refractivity contribution < 1.29 is 0 Å². The highest BCUT2D eigenvalue weighted by atomic mass is 79.9. The van der Waals surface area contributed by atoms with Gasteiger partial charge in [0, 0.05) is 18.6 Å². The number of hydrogen-bond donors (Lipinski definition) is 2. The van der Waals surface area contributed by atoms with Gasteiger partial charge in [0.1, 0.15) is 16.8 Å². The lowest BCUT2D eigenvalue weighted by molar-refractivity contribution is 0.942. The number of halogens is 1. The second-order valence-corrected chi connectivity index (χ2v) is 4.17. The monoisotopic (exact) mass is 293 g/mol. The molecule has 8 heteroatoms. The summed E-state index contributed by atoms with van der Waals surface area (Å²) in [5.41, 5.74) is 0.771. The van der Waals surface area contributed by atoms with Crippen LogP contribution in [0.15, 0.2) is 29.5 Å². The third-order valence-corrected chi connectivity index (χ3v) is 2.61. The van der Waals surface area contributed by atoms with Gasteiger partial charge in [0.05, 0.1) is 6.54 Å². The number of nitrogens with one attached hydrogen (secondary N) is 2. The normalized spacial score (nSPS) is 10.9. The van der Waals surface area contributed by atoms with Crippen molar-refractivity contribution in [1.29, 1.82) is 0 Å². The lowest BCUT2D eigenvalue weighted by Gasteiger charge is -2.05. The van der Waals surface area contributed by atoms with E-state index >= 15 is 0 Å². The van der Waals surface area contributed by atoms with Crippen molar-refractivity contribution in [1.82, 2.24) is 29.5 Å². The molecule has 0 radical (unpaired) electrons. The number of aromatic nitrogens is 6. The second kappa shape index (κ2) is 4.13. The van der Waals surface area contributed by atoms with E-state index in [2.05, 4.69) is 46.4 Å². The number of rotatable bonds is 3. The molecule has 17 heavy (non-hydrogen) atoms. The minimum absolute atomic E-state index is 0.520. The lowest BCUT2D eigenvalue weighted by atomic mass is 10.5. The van der Waals surface area contributed by atoms with Gasteiger partial charge in [-0.15, -0.1) is 0 Å². The number of hydrogen-bond acceptors (Lipinski definition) is 5. The van der Waals surface area contributed by atoms with Crippen LogP contribution < -0.4 is 5.32 Å². The SMILES string of the molecule is Brc1cn2ccnc2c(NCc2ncn[nH]2)n1. The molecule has 0 aliphatic heterocycles. The van der Waals surface area contributed by atoms with E-state index in [0.717, 1.165) is 16.1 Å². The largest absolute Gasteiger partial charge is 0.360 e. The molecule has 0 aromatic carbocycles. The molecular weight excluding hydrogens is 286 g/mol. The molecule has 3 heterocycles. The molecule has 3 aromatic heterocycles. The highest BCUT2D eigenvalue weighted by Crippen LogP contribution is 2.16. The van der Waals surface area contributed by atoms with Crippen molar-refractivity contribution in [3.05, 3.63) is 35.3 Å². The van der Waals surface area contributed by atoms with Crippen LogP contribution in [0.3, 0.4) is 0 Å². The van der Waals surface area contributed by atoms with E-state index in [4.69, 9.17) is 0 Å². The molecule has 0 unspecified atom stereocenters. The third-order valence-electron chi connectivity index (χ3n) is 2.23. The maximum absolute atomic E-state index is 4.33. The van der Waals surface area contributed by atoms with Crippen molar-refractivity contribution >= 4 is 27.4 Å². The molecule has 2 N–H and O–H groups in total. The summed E-state index contributed by atoms with van der Waals surface area (Å²) in [6, 6.07) is 0. The van der Waals surface area contributed by atoms with Crippen LogP contribution in [-0.2, 0) is 6.54 Å². The summed E-state index contributed by atoms with van der Waals surface area (Å²) in [7, 11) is 0. The Kier molecular flexibility index (Phi) is 2.48. The van der Waals surface area contributed by atoms with Crippen molar-refractivity contribution in [2.45, 2.75) is 6.54 Å². The minimum Gasteiger partial charge on any atom is -0.360 e. The molecular formula is C9H8BrN7. The Bertz CT molecular complexity index is 630. The Hall–Kier alpha value is -1.96. The summed E-state index contributed by atoms with van der Waals surface area (Å²) in [5.74, 6) is 1.44. The van der Waals surface area contributed by atoms with E-state index in [9.17, 15) is 0 Å². The van der Waals surface area contributed by atoms with Crippen LogP contribution >= 0.6 is 15.9 Å². The fourth-order valence-electron chi connectivity index (χ4n) is 1.50. The van der Waals surface area contributed by atoms with Crippen molar-refractivity contribution in [3.8, 4) is 0 Å². The molecule has 3 rings (SSSR count). The van der Waals surface area contributed by atoms with Crippen LogP contribution in [0, 0.1) is 0 Å². The first-order chi connectivity index (χ1) is 8.33. The van der Waals surface area contributed by atoms with Crippen molar-refractivity contribution in [2.75, 3.05) is 5.32 Å². The quantitative estimate of drug-likeness (QED) is 0.759. The standard InChI is InChI=1S/C9H8BrN7/c10-6-4-17-2-1-11-9(17)8(15-6)12-3-7-13-5-14-16-7/h1-2,4-5H,3H2,(H,12,15)(H,13,14,16). The molecule has 7 nitrogen and oxygen atoms in total. The summed E-state index contributed by atoms with van der Waals surface area (Å²) < 4.78 is 2.63. The zero-order valence-corrected chi connectivity index (χ0v) is 10.2. The summed E-state index contributed by atoms with van der Waals surface area (Å²) in [6.45, 7) is 0.520. The number of imidazole rings is 1. The maximum atomic E-state index is 4.33. The second-order valence-electron chi connectivity index (χ2n) is 3.36. The van der Waals surface area contributed by atoms with Gasteiger partial charge in [0.2, 0.25) is 0 Å². The lowest BCUT2D eigenvalue weighted by Crippen LogP contribution is -2.05. The van der Waals surface area contributed by atoms with Crippen LogP contribution in [-0.4, -0.2) is 29.5 Å². The molecule has 0 amide bonds. The number of fused-ring (bicyclic) bond motifs is 1. The van der Waals surface area contributed by atoms with Crippen LogP contribution in [0.5, 0.6) is 0 Å². The van der Waals surface area contributed by atoms with E-state index in [-0.39, 0.29) is 0 Å². The van der Waals surface area contributed by atoms with E-state index in [1.165, 1.54) is 6.33 Å². The fourth-order valence-corrected chi connectivity index (χ4v) is 1.90.